The highest BCUT2D eigenvalue weighted by Crippen LogP contribution is 2.15. The lowest BCUT2D eigenvalue weighted by Gasteiger charge is -2.09. The van der Waals surface area contributed by atoms with Crippen LogP contribution >= 0.6 is 0 Å². The largest absolute Gasteiger partial charge is 0.511 e. The summed E-state index contributed by atoms with van der Waals surface area (Å²) in [6.07, 6.45) is 8.82. The molecule has 1 aromatic carbocycles. The summed E-state index contributed by atoms with van der Waals surface area (Å²) in [5.41, 5.74) is 0.676. The number of anilines is 1. The summed E-state index contributed by atoms with van der Waals surface area (Å²) in [5.74, 6) is 0.399. The minimum Gasteiger partial charge on any atom is -0.457 e. The Morgan fingerprint density at radius 3 is 2.12 bits per heavy atom. The molecular weight excluding hydrogens is 334 g/mol. The zero-order valence-electron chi connectivity index (χ0n) is 15.9. The maximum atomic E-state index is 11.4. The molecule has 26 heavy (non-hydrogen) atoms. The van der Waals surface area contributed by atoms with Crippen LogP contribution in [0.2, 0.25) is 0 Å². The Labute approximate surface area is 156 Å². The lowest BCUT2D eigenvalue weighted by atomic mass is 10.1. The van der Waals surface area contributed by atoms with Crippen LogP contribution in [-0.4, -0.2) is 25.5 Å². The van der Waals surface area contributed by atoms with Gasteiger partial charge in [0.2, 0.25) is 12.7 Å². The van der Waals surface area contributed by atoms with Crippen LogP contribution in [-0.2, 0) is 14.3 Å². The quantitative estimate of drug-likeness (QED) is 0.293. The smallest absolute Gasteiger partial charge is 0.457 e. The Morgan fingerprint density at radius 2 is 1.50 bits per heavy atom. The van der Waals surface area contributed by atoms with E-state index in [9.17, 15) is 9.59 Å². The summed E-state index contributed by atoms with van der Waals surface area (Å²) in [6, 6.07) is 6.77. The number of hydrogen-bond acceptors (Lipinski definition) is 5. The molecule has 0 bridgehead atoms. The summed E-state index contributed by atoms with van der Waals surface area (Å²) in [4.78, 5) is 22.4. The van der Waals surface area contributed by atoms with Gasteiger partial charge in [0.15, 0.2) is 0 Å². The summed E-state index contributed by atoms with van der Waals surface area (Å²) in [6.45, 7) is 3.82. The molecule has 6 nitrogen and oxygen atoms in total. The van der Waals surface area contributed by atoms with Gasteiger partial charge in [0.1, 0.15) is 5.75 Å². The van der Waals surface area contributed by atoms with Crippen molar-refractivity contribution in [1.82, 2.24) is 0 Å². The number of nitrogens with one attached hydrogen (secondary N) is 1. The average molecular weight is 365 g/mol. The Morgan fingerprint density at radius 1 is 0.885 bits per heavy atom. The van der Waals surface area contributed by atoms with Crippen molar-refractivity contribution < 1.29 is 23.8 Å². The van der Waals surface area contributed by atoms with E-state index in [2.05, 4.69) is 12.2 Å². The van der Waals surface area contributed by atoms with Crippen molar-refractivity contribution in [2.24, 2.45) is 0 Å². The van der Waals surface area contributed by atoms with Crippen LogP contribution in [0.15, 0.2) is 24.3 Å². The van der Waals surface area contributed by atoms with Gasteiger partial charge in [-0.3, -0.25) is 4.79 Å². The standard InChI is InChI=1S/C20H31NO5/c1-3-4-5-6-7-8-9-10-15-24-20(23)26-16-25-19-13-11-18(12-14-19)21-17(2)22/h11-14H,3-10,15-16H2,1-2H3,(H,21,22). The van der Waals surface area contributed by atoms with Crippen molar-refractivity contribution in [1.29, 1.82) is 0 Å². The highest BCUT2D eigenvalue weighted by molar-refractivity contribution is 5.88. The topological polar surface area (TPSA) is 73.9 Å². The molecule has 1 amide bonds. The maximum Gasteiger partial charge on any atom is 0.511 e. The third kappa shape index (κ3) is 11.3. The monoisotopic (exact) mass is 365 g/mol. The lowest BCUT2D eigenvalue weighted by Crippen LogP contribution is -2.12. The highest BCUT2D eigenvalue weighted by Gasteiger charge is 2.04. The van der Waals surface area contributed by atoms with Gasteiger partial charge in [-0.1, -0.05) is 51.9 Å². The van der Waals surface area contributed by atoms with E-state index in [0.717, 1.165) is 12.8 Å². The third-order valence-electron chi connectivity index (χ3n) is 3.79. The zero-order valence-corrected chi connectivity index (χ0v) is 15.9. The van der Waals surface area contributed by atoms with E-state index in [0.29, 0.717) is 18.0 Å². The molecule has 1 aromatic rings. The number of benzene rings is 1. The fraction of sp³-hybridized carbons (Fsp3) is 0.600. The first-order chi connectivity index (χ1) is 12.6. The number of hydrogen-bond donors (Lipinski definition) is 1. The van der Waals surface area contributed by atoms with E-state index in [1.807, 2.05) is 0 Å². The van der Waals surface area contributed by atoms with Crippen LogP contribution in [0.25, 0.3) is 0 Å². The van der Waals surface area contributed by atoms with Gasteiger partial charge in [0.25, 0.3) is 0 Å². The number of carbonyl (C=O) groups is 2. The van der Waals surface area contributed by atoms with E-state index >= 15 is 0 Å². The Kier molecular flexibility index (Phi) is 11.7. The highest BCUT2D eigenvalue weighted by atomic mass is 16.8. The van der Waals surface area contributed by atoms with E-state index in [-0.39, 0.29) is 12.7 Å². The minimum atomic E-state index is -0.720. The molecule has 0 saturated heterocycles. The first kappa shape index (κ1) is 21.8. The van der Waals surface area contributed by atoms with Crippen LogP contribution in [0.3, 0.4) is 0 Å². The summed E-state index contributed by atoms with van der Waals surface area (Å²) in [7, 11) is 0. The SMILES string of the molecule is CCCCCCCCCCOC(=O)OCOc1ccc(NC(C)=O)cc1. The number of rotatable bonds is 13. The fourth-order valence-corrected chi connectivity index (χ4v) is 2.42. The predicted octanol–water partition coefficient (Wildman–Crippen LogP) is 5.28. The van der Waals surface area contributed by atoms with Crippen molar-refractivity contribution in [3.63, 3.8) is 0 Å². The molecule has 0 aromatic heterocycles. The van der Waals surface area contributed by atoms with E-state index in [1.54, 1.807) is 24.3 Å². The first-order valence-corrected chi connectivity index (χ1v) is 9.42. The van der Waals surface area contributed by atoms with Crippen molar-refractivity contribution in [2.75, 3.05) is 18.7 Å². The fourth-order valence-electron chi connectivity index (χ4n) is 2.42. The lowest BCUT2D eigenvalue weighted by molar-refractivity contribution is -0.114. The van der Waals surface area contributed by atoms with Crippen LogP contribution in [0.4, 0.5) is 10.5 Å². The van der Waals surface area contributed by atoms with Crippen LogP contribution in [0.5, 0.6) is 5.75 Å². The molecular formula is C20H31NO5. The van der Waals surface area contributed by atoms with Crippen LogP contribution in [0, 0.1) is 0 Å². The Balaban J connectivity index is 2.00. The van der Waals surface area contributed by atoms with Gasteiger partial charge in [0.05, 0.1) is 6.61 Å². The third-order valence-corrected chi connectivity index (χ3v) is 3.79. The molecule has 146 valence electrons. The number of carbonyl (C=O) groups excluding carboxylic acids is 2. The van der Waals surface area contributed by atoms with Crippen molar-refractivity contribution >= 4 is 17.7 Å². The predicted molar refractivity (Wildman–Crippen MR) is 101 cm³/mol. The molecule has 0 aliphatic rings. The molecule has 0 saturated carbocycles. The second kappa shape index (κ2) is 14.0. The van der Waals surface area contributed by atoms with Gasteiger partial charge < -0.3 is 19.5 Å². The van der Waals surface area contributed by atoms with Gasteiger partial charge in [-0.05, 0) is 30.7 Å². The van der Waals surface area contributed by atoms with Gasteiger partial charge in [-0.25, -0.2) is 4.79 Å². The molecule has 0 aliphatic carbocycles. The molecule has 0 aliphatic heterocycles. The second-order valence-electron chi connectivity index (χ2n) is 6.19. The van der Waals surface area contributed by atoms with Crippen molar-refractivity contribution in [2.45, 2.75) is 65.2 Å². The molecule has 0 heterocycles. The minimum absolute atomic E-state index is 0.138. The van der Waals surface area contributed by atoms with Gasteiger partial charge in [0, 0.05) is 12.6 Å². The molecule has 0 fully saturated rings. The maximum absolute atomic E-state index is 11.4. The molecule has 0 radical (unpaired) electrons. The molecule has 0 spiro atoms. The summed E-state index contributed by atoms with van der Waals surface area (Å²) in [5, 5.41) is 2.66. The average Bonchev–Trinajstić information content (AvgIpc) is 2.61. The normalized spacial score (nSPS) is 10.2. The molecule has 1 N–H and O–H groups in total. The molecule has 0 atom stereocenters. The summed E-state index contributed by atoms with van der Waals surface area (Å²) < 4.78 is 15.2. The first-order valence-electron chi connectivity index (χ1n) is 9.42. The van der Waals surface area contributed by atoms with Gasteiger partial charge in [-0.15, -0.1) is 0 Å². The van der Waals surface area contributed by atoms with E-state index in [4.69, 9.17) is 14.2 Å². The van der Waals surface area contributed by atoms with E-state index in [1.165, 1.54) is 45.4 Å². The van der Waals surface area contributed by atoms with Gasteiger partial charge in [-0.2, -0.15) is 0 Å². The number of unbranched alkanes of at least 4 members (excludes halogenated alkanes) is 7. The van der Waals surface area contributed by atoms with Crippen LogP contribution in [0.1, 0.15) is 65.2 Å². The molecule has 0 unspecified atom stereocenters. The van der Waals surface area contributed by atoms with Crippen molar-refractivity contribution in [3.8, 4) is 5.75 Å². The zero-order chi connectivity index (χ0) is 19.0. The van der Waals surface area contributed by atoms with Crippen LogP contribution < -0.4 is 10.1 Å². The second-order valence-corrected chi connectivity index (χ2v) is 6.19. The number of amides is 1. The van der Waals surface area contributed by atoms with E-state index < -0.39 is 6.16 Å². The molecule has 6 heteroatoms. The molecule has 1 rings (SSSR count). The van der Waals surface area contributed by atoms with Crippen molar-refractivity contribution in [3.05, 3.63) is 24.3 Å². The van der Waals surface area contributed by atoms with Gasteiger partial charge >= 0.3 is 6.16 Å². The summed E-state index contributed by atoms with van der Waals surface area (Å²) >= 11 is 0. The Hall–Kier alpha value is -2.24. The Bertz CT molecular complexity index is 515. The number of ether oxygens (including phenoxy) is 3.